The molecule has 2 heterocycles. The lowest BCUT2D eigenvalue weighted by Crippen LogP contribution is -2.26. The molecule has 6 nitrogen and oxygen atoms in total. The SMILES string of the molecule is O=C(NCCc1ccccn1)c1coc(CN(Cc2ccc(F)cc2)Cc2cccc(C(F)(F)F)c2)n1. The highest BCUT2D eigenvalue weighted by molar-refractivity contribution is 5.91. The number of hydrogen-bond donors (Lipinski definition) is 1. The minimum atomic E-state index is -4.46. The van der Waals surface area contributed by atoms with Gasteiger partial charge in [-0.05, 0) is 41.5 Å². The van der Waals surface area contributed by atoms with Crippen molar-refractivity contribution in [3.8, 4) is 0 Å². The number of halogens is 4. The van der Waals surface area contributed by atoms with Gasteiger partial charge in [-0.15, -0.1) is 0 Å². The van der Waals surface area contributed by atoms with E-state index in [0.29, 0.717) is 25.1 Å². The molecule has 0 saturated carbocycles. The number of benzene rings is 2. The monoisotopic (exact) mass is 512 g/mol. The number of amides is 1. The van der Waals surface area contributed by atoms with Gasteiger partial charge in [0.1, 0.15) is 12.1 Å². The second-order valence-corrected chi connectivity index (χ2v) is 8.42. The minimum absolute atomic E-state index is 0.0943. The van der Waals surface area contributed by atoms with Gasteiger partial charge in [0.05, 0.1) is 12.1 Å². The van der Waals surface area contributed by atoms with E-state index in [0.717, 1.165) is 23.4 Å². The zero-order valence-corrected chi connectivity index (χ0v) is 19.7. The quantitative estimate of drug-likeness (QED) is 0.288. The van der Waals surface area contributed by atoms with Crippen LogP contribution in [0.3, 0.4) is 0 Å². The third-order valence-electron chi connectivity index (χ3n) is 5.52. The summed E-state index contributed by atoms with van der Waals surface area (Å²) < 4.78 is 58.4. The van der Waals surface area contributed by atoms with Crippen molar-refractivity contribution in [3.05, 3.63) is 119 Å². The average molecular weight is 513 g/mol. The van der Waals surface area contributed by atoms with Crippen molar-refractivity contribution in [2.45, 2.75) is 32.2 Å². The normalized spacial score (nSPS) is 11.6. The largest absolute Gasteiger partial charge is 0.447 e. The second-order valence-electron chi connectivity index (χ2n) is 8.42. The van der Waals surface area contributed by atoms with Crippen LogP contribution in [-0.2, 0) is 32.2 Å². The molecule has 4 aromatic rings. The van der Waals surface area contributed by atoms with Crippen LogP contribution in [-0.4, -0.2) is 27.3 Å². The Balaban J connectivity index is 1.44. The maximum absolute atomic E-state index is 13.4. The molecule has 0 saturated heterocycles. The number of carbonyl (C=O) groups excluding carboxylic acids is 1. The molecule has 0 aliphatic heterocycles. The number of pyridine rings is 1. The zero-order valence-electron chi connectivity index (χ0n) is 19.7. The van der Waals surface area contributed by atoms with Crippen LogP contribution in [0, 0.1) is 5.82 Å². The third-order valence-corrected chi connectivity index (χ3v) is 5.52. The standard InChI is InChI=1S/C27H24F4N4O2/c28-22-9-7-19(8-10-22)15-35(16-20-4-3-5-21(14-20)27(29,30)31)17-25-34-24(18-37-25)26(36)33-13-11-23-6-1-2-12-32-23/h1-10,12,14,18H,11,13,15-17H2,(H,33,36). The number of nitrogens with one attached hydrogen (secondary N) is 1. The van der Waals surface area contributed by atoms with E-state index in [4.69, 9.17) is 4.42 Å². The number of hydrogen-bond acceptors (Lipinski definition) is 5. The van der Waals surface area contributed by atoms with Crippen molar-refractivity contribution in [1.82, 2.24) is 20.2 Å². The first-order valence-corrected chi connectivity index (χ1v) is 11.5. The van der Waals surface area contributed by atoms with E-state index in [2.05, 4.69) is 15.3 Å². The van der Waals surface area contributed by atoms with Crippen molar-refractivity contribution in [3.63, 3.8) is 0 Å². The summed E-state index contributed by atoms with van der Waals surface area (Å²) in [5.41, 5.74) is 1.39. The first kappa shape index (κ1) is 26.0. The van der Waals surface area contributed by atoms with E-state index in [9.17, 15) is 22.4 Å². The van der Waals surface area contributed by atoms with E-state index < -0.39 is 17.6 Å². The Morgan fingerprint density at radius 2 is 1.73 bits per heavy atom. The first-order valence-electron chi connectivity index (χ1n) is 11.5. The smallest absolute Gasteiger partial charge is 0.416 e. The van der Waals surface area contributed by atoms with E-state index in [1.165, 1.54) is 24.5 Å². The fourth-order valence-corrected chi connectivity index (χ4v) is 3.74. The Morgan fingerprint density at radius 3 is 2.46 bits per heavy atom. The number of aromatic nitrogens is 2. The molecule has 0 aliphatic rings. The van der Waals surface area contributed by atoms with Gasteiger partial charge in [-0.2, -0.15) is 13.2 Å². The zero-order chi connectivity index (χ0) is 26.3. The molecule has 1 N–H and O–H groups in total. The molecule has 2 aromatic heterocycles. The Kier molecular flexibility index (Phi) is 8.29. The number of oxazole rings is 1. The summed E-state index contributed by atoms with van der Waals surface area (Å²) in [7, 11) is 0. The van der Waals surface area contributed by atoms with Gasteiger partial charge in [0, 0.05) is 37.9 Å². The van der Waals surface area contributed by atoms with E-state index in [1.54, 1.807) is 29.3 Å². The van der Waals surface area contributed by atoms with Gasteiger partial charge in [-0.1, -0.05) is 36.4 Å². The number of carbonyl (C=O) groups is 1. The molecule has 0 atom stereocenters. The van der Waals surface area contributed by atoms with Gasteiger partial charge in [0.2, 0.25) is 5.89 Å². The van der Waals surface area contributed by atoms with Gasteiger partial charge in [0.25, 0.3) is 5.91 Å². The lowest BCUT2D eigenvalue weighted by Gasteiger charge is -2.21. The summed E-state index contributed by atoms with van der Waals surface area (Å²) in [6, 6.07) is 16.4. The van der Waals surface area contributed by atoms with Gasteiger partial charge in [-0.25, -0.2) is 9.37 Å². The maximum atomic E-state index is 13.4. The topological polar surface area (TPSA) is 71.3 Å². The Bertz CT molecular complexity index is 1310. The van der Waals surface area contributed by atoms with Crippen LogP contribution in [0.2, 0.25) is 0 Å². The molecular weight excluding hydrogens is 488 g/mol. The van der Waals surface area contributed by atoms with Gasteiger partial charge in [0.15, 0.2) is 5.69 Å². The van der Waals surface area contributed by atoms with E-state index in [1.807, 2.05) is 18.2 Å². The predicted molar refractivity (Wildman–Crippen MR) is 128 cm³/mol. The van der Waals surface area contributed by atoms with Gasteiger partial charge < -0.3 is 9.73 Å². The summed E-state index contributed by atoms with van der Waals surface area (Å²) in [6.07, 6.45) is -0.983. The predicted octanol–water partition coefficient (Wildman–Crippen LogP) is 5.40. The summed E-state index contributed by atoms with van der Waals surface area (Å²) in [4.78, 5) is 22.7. The summed E-state index contributed by atoms with van der Waals surface area (Å²) in [5, 5.41) is 2.76. The highest BCUT2D eigenvalue weighted by Gasteiger charge is 2.30. The maximum Gasteiger partial charge on any atom is 0.416 e. The molecule has 0 fully saturated rings. The van der Waals surface area contributed by atoms with Crippen LogP contribution in [0.25, 0.3) is 0 Å². The fourth-order valence-electron chi connectivity index (χ4n) is 3.74. The highest BCUT2D eigenvalue weighted by atomic mass is 19.4. The van der Waals surface area contributed by atoms with E-state index in [-0.39, 0.29) is 30.5 Å². The van der Waals surface area contributed by atoms with Crippen LogP contribution in [0.1, 0.15) is 38.8 Å². The number of nitrogens with zero attached hydrogens (tertiary/aromatic N) is 3. The molecule has 0 spiro atoms. The van der Waals surface area contributed by atoms with Crippen molar-refractivity contribution in [1.29, 1.82) is 0 Å². The van der Waals surface area contributed by atoms with Crippen molar-refractivity contribution in [2.24, 2.45) is 0 Å². The fraction of sp³-hybridized carbons (Fsp3) is 0.222. The Labute approximate surface area is 211 Å². The van der Waals surface area contributed by atoms with Crippen LogP contribution in [0.15, 0.2) is 83.6 Å². The van der Waals surface area contributed by atoms with Crippen molar-refractivity contribution in [2.75, 3.05) is 6.54 Å². The summed E-state index contributed by atoms with van der Waals surface area (Å²) >= 11 is 0. The van der Waals surface area contributed by atoms with E-state index >= 15 is 0 Å². The van der Waals surface area contributed by atoms with Crippen LogP contribution in [0.4, 0.5) is 17.6 Å². The molecule has 0 bridgehead atoms. The van der Waals surface area contributed by atoms with Crippen LogP contribution >= 0.6 is 0 Å². The Morgan fingerprint density at radius 1 is 0.946 bits per heavy atom. The average Bonchev–Trinajstić information content (AvgIpc) is 3.34. The number of alkyl halides is 3. The molecule has 37 heavy (non-hydrogen) atoms. The second kappa shape index (κ2) is 11.8. The van der Waals surface area contributed by atoms with Gasteiger partial charge >= 0.3 is 6.18 Å². The lowest BCUT2D eigenvalue weighted by molar-refractivity contribution is -0.137. The Hall–Kier alpha value is -4.05. The molecule has 4 rings (SSSR count). The summed E-state index contributed by atoms with van der Waals surface area (Å²) in [6.45, 7) is 0.929. The highest BCUT2D eigenvalue weighted by Crippen LogP contribution is 2.30. The molecule has 1 amide bonds. The molecule has 0 unspecified atom stereocenters. The first-order chi connectivity index (χ1) is 17.8. The third kappa shape index (κ3) is 7.71. The van der Waals surface area contributed by atoms with Gasteiger partial charge in [-0.3, -0.25) is 14.7 Å². The number of rotatable bonds is 10. The molecule has 192 valence electrons. The minimum Gasteiger partial charge on any atom is -0.447 e. The summed E-state index contributed by atoms with van der Waals surface area (Å²) in [5.74, 6) is -0.572. The molecule has 10 heteroatoms. The molecule has 0 radical (unpaired) electrons. The lowest BCUT2D eigenvalue weighted by atomic mass is 10.1. The van der Waals surface area contributed by atoms with Crippen molar-refractivity contribution >= 4 is 5.91 Å². The van der Waals surface area contributed by atoms with Crippen LogP contribution in [0.5, 0.6) is 0 Å². The molecule has 2 aromatic carbocycles. The molecular formula is C27H24F4N4O2. The van der Waals surface area contributed by atoms with Crippen LogP contribution < -0.4 is 5.32 Å². The molecule has 0 aliphatic carbocycles. The van der Waals surface area contributed by atoms with Crippen molar-refractivity contribution < 1.29 is 26.8 Å².